The van der Waals surface area contributed by atoms with Gasteiger partial charge in [0.2, 0.25) is 0 Å². The molecule has 17 heavy (non-hydrogen) atoms. The van der Waals surface area contributed by atoms with E-state index in [0.29, 0.717) is 18.4 Å². The number of aromatic nitrogens is 3. The van der Waals surface area contributed by atoms with Crippen LogP contribution in [0, 0.1) is 5.92 Å². The van der Waals surface area contributed by atoms with Crippen LogP contribution in [0.2, 0.25) is 0 Å². The molecule has 0 aromatic carbocycles. The lowest BCUT2D eigenvalue weighted by Crippen LogP contribution is -2.36. The summed E-state index contributed by atoms with van der Waals surface area (Å²) in [7, 11) is 0. The summed E-state index contributed by atoms with van der Waals surface area (Å²) in [5.41, 5.74) is -0.561. The molecule has 0 radical (unpaired) electrons. The molecule has 4 nitrogen and oxygen atoms in total. The number of aliphatic hydroxyl groups is 1. The standard InChI is InChI=1S/C13H23N3O/c1-4-11-6-5-7-13(11,17)8-12-14-9-15-16(12)10(2)3/h9-11,17H,4-8H2,1-3H3. The van der Waals surface area contributed by atoms with Crippen LogP contribution in [0.25, 0.3) is 0 Å². The van der Waals surface area contributed by atoms with Crippen molar-refractivity contribution in [3.8, 4) is 0 Å². The highest BCUT2D eigenvalue weighted by atomic mass is 16.3. The molecule has 1 aliphatic carbocycles. The van der Waals surface area contributed by atoms with Gasteiger partial charge in [-0.25, -0.2) is 9.67 Å². The largest absolute Gasteiger partial charge is 0.389 e. The zero-order valence-corrected chi connectivity index (χ0v) is 11.1. The Labute approximate surface area is 103 Å². The Morgan fingerprint density at radius 2 is 2.35 bits per heavy atom. The van der Waals surface area contributed by atoms with Gasteiger partial charge < -0.3 is 5.11 Å². The van der Waals surface area contributed by atoms with Crippen molar-refractivity contribution in [1.82, 2.24) is 14.8 Å². The highest BCUT2D eigenvalue weighted by Crippen LogP contribution is 2.39. The van der Waals surface area contributed by atoms with Crippen LogP contribution in [0.1, 0.15) is 58.3 Å². The molecule has 1 N–H and O–H groups in total. The summed E-state index contributed by atoms with van der Waals surface area (Å²) in [5, 5.41) is 15.0. The van der Waals surface area contributed by atoms with Gasteiger partial charge in [-0.15, -0.1) is 0 Å². The average molecular weight is 237 g/mol. The van der Waals surface area contributed by atoms with E-state index in [-0.39, 0.29) is 0 Å². The second-order valence-corrected chi connectivity index (χ2v) is 5.49. The molecule has 0 aliphatic heterocycles. The molecule has 1 saturated carbocycles. The quantitative estimate of drug-likeness (QED) is 0.874. The van der Waals surface area contributed by atoms with Crippen molar-refractivity contribution >= 4 is 0 Å². The van der Waals surface area contributed by atoms with E-state index in [1.165, 1.54) is 0 Å². The summed E-state index contributed by atoms with van der Waals surface area (Å²) in [6, 6.07) is 0.303. The van der Waals surface area contributed by atoms with E-state index < -0.39 is 5.60 Å². The predicted molar refractivity (Wildman–Crippen MR) is 66.7 cm³/mol. The summed E-state index contributed by atoms with van der Waals surface area (Å²) in [6.07, 6.45) is 6.45. The molecule has 1 aromatic heterocycles. The minimum atomic E-state index is -0.561. The van der Waals surface area contributed by atoms with Crippen LogP contribution < -0.4 is 0 Å². The van der Waals surface area contributed by atoms with Gasteiger partial charge in [0.1, 0.15) is 12.2 Å². The normalized spacial score (nSPS) is 29.1. The number of hydrogen-bond acceptors (Lipinski definition) is 3. The zero-order chi connectivity index (χ0) is 12.5. The van der Waals surface area contributed by atoms with Crippen molar-refractivity contribution < 1.29 is 5.11 Å². The van der Waals surface area contributed by atoms with Gasteiger partial charge in [0.25, 0.3) is 0 Å². The van der Waals surface area contributed by atoms with E-state index in [1.807, 2.05) is 4.68 Å². The van der Waals surface area contributed by atoms with Crippen LogP contribution in [-0.2, 0) is 6.42 Å². The van der Waals surface area contributed by atoms with E-state index in [4.69, 9.17) is 0 Å². The van der Waals surface area contributed by atoms with Crippen LogP contribution in [0.4, 0.5) is 0 Å². The van der Waals surface area contributed by atoms with Crippen LogP contribution in [-0.4, -0.2) is 25.5 Å². The van der Waals surface area contributed by atoms with Gasteiger partial charge in [-0.1, -0.05) is 19.8 Å². The van der Waals surface area contributed by atoms with Crippen molar-refractivity contribution in [1.29, 1.82) is 0 Å². The molecule has 2 rings (SSSR count). The van der Waals surface area contributed by atoms with Crippen molar-refractivity contribution in [2.75, 3.05) is 0 Å². The van der Waals surface area contributed by atoms with Crippen LogP contribution in [0.5, 0.6) is 0 Å². The molecule has 0 amide bonds. The van der Waals surface area contributed by atoms with Gasteiger partial charge in [0, 0.05) is 12.5 Å². The van der Waals surface area contributed by atoms with Gasteiger partial charge in [-0.05, 0) is 32.6 Å². The summed E-state index contributed by atoms with van der Waals surface area (Å²) < 4.78 is 1.92. The third-order valence-electron chi connectivity index (χ3n) is 4.02. The molecule has 1 aromatic rings. The van der Waals surface area contributed by atoms with Crippen molar-refractivity contribution in [3.63, 3.8) is 0 Å². The average Bonchev–Trinajstić information content (AvgIpc) is 2.85. The molecule has 1 aliphatic rings. The molecular formula is C13H23N3O. The van der Waals surface area contributed by atoms with Crippen molar-refractivity contribution in [2.45, 2.75) is 64.5 Å². The topological polar surface area (TPSA) is 50.9 Å². The van der Waals surface area contributed by atoms with E-state index in [1.54, 1.807) is 6.33 Å². The maximum absolute atomic E-state index is 10.7. The monoisotopic (exact) mass is 237 g/mol. The summed E-state index contributed by atoms with van der Waals surface area (Å²) in [5.74, 6) is 1.34. The van der Waals surface area contributed by atoms with E-state index >= 15 is 0 Å². The molecular weight excluding hydrogens is 214 g/mol. The van der Waals surface area contributed by atoms with Crippen molar-refractivity contribution in [3.05, 3.63) is 12.2 Å². The second kappa shape index (κ2) is 4.77. The van der Waals surface area contributed by atoms with E-state index in [2.05, 4.69) is 30.9 Å². The Bertz CT molecular complexity index is 374. The fourth-order valence-electron chi connectivity index (χ4n) is 3.05. The third-order valence-corrected chi connectivity index (χ3v) is 4.02. The SMILES string of the molecule is CCC1CCCC1(O)Cc1ncnn1C(C)C. The highest BCUT2D eigenvalue weighted by Gasteiger charge is 2.41. The lowest BCUT2D eigenvalue weighted by Gasteiger charge is -2.29. The molecule has 0 bridgehead atoms. The van der Waals surface area contributed by atoms with E-state index in [9.17, 15) is 5.11 Å². The first kappa shape index (κ1) is 12.6. The highest BCUT2D eigenvalue weighted by molar-refractivity contribution is 5.01. The Morgan fingerprint density at radius 1 is 1.59 bits per heavy atom. The summed E-state index contributed by atoms with van der Waals surface area (Å²) in [6.45, 7) is 6.34. The first-order valence-corrected chi connectivity index (χ1v) is 6.67. The van der Waals surface area contributed by atoms with Crippen LogP contribution in [0.15, 0.2) is 6.33 Å². The Hall–Kier alpha value is -0.900. The van der Waals surface area contributed by atoms with Gasteiger partial charge in [0.05, 0.1) is 5.60 Å². The Balaban J connectivity index is 2.17. The molecule has 1 heterocycles. The molecule has 2 atom stereocenters. The molecule has 96 valence electrons. The summed E-state index contributed by atoms with van der Waals surface area (Å²) in [4.78, 5) is 4.31. The van der Waals surface area contributed by atoms with Gasteiger partial charge in [-0.2, -0.15) is 5.10 Å². The van der Waals surface area contributed by atoms with E-state index in [0.717, 1.165) is 31.5 Å². The maximum atomic E-state index is 10.7. The molecule has 2 unspecified atom stereocenters. The lowest BCUT2D eigenvalue weighted by atomic mass is 9.85. The minimum absolute atomic E-state index is 0.303. The Kier molecular flexibility index (Phi) is 3.52. The number of rotatable bonds is 4. The first-order valence-electron chi connectivity index (χ1n) is 6.67. The molecule has 4 heteroatoms. The third kappa shape index (κ3) is 2.37. The lowest BCUT2D eigenvalue weighted by molar-refractivity contribution is -0.00136. The fraction of sp³-hybridized carbons (Fsp3) is 0.846. The molecule has 0 spiro atoms. The number of hydrogen-bond donors (Lipinski definition) is 1. The van der Waals surface area contributed by atoms with Crippen molar-refractivity contribution in [2.24, 2.45) is 5.92 Å². The predicted octanol–water partition coefficient (Wildman–Crippen LogP) is 2.34. The van der Waals surface area contributed by atoms with Gasteiger partial charge in [0.15, 0.2) is 0 Å². The van der Waals surface area contributed by atoms with Crippen LogP contribution in [0.3, 0.4) is 0 Å². The fourth-order valence-corrected chi connectivity index (χ4v) is 3.05. The Morgan fingerprint density at radius 3 is 3.00 bits per heavy atom. The second-order valence-electron chi connectivity index (χ2n) is 5.49. The minimum Gasteiger partial charge on any atom is -0.389 e. The summed E-state index contributed by atoms with van der Waals surface area (Å²) >= 11 is 0. The number of nitrogens with zero attached hydrogens (tertiary/aromatic N) is 3. The van der Waals surface area contributed by atoms with Gasteiger partial charge >= 0.3 is 0 Å². The zero-order valence-electron chi connectivity index (χ0n) is 11.1. The first-order chi connectivity index (χ1) is 8.07. The van der Waals surface area contributed by atoms with Crippen LogP contribution >= 0.6 is 0 Å². The maximum Gasteiger partial charge on any atom is 0.138 e. The molecule has 0 saturated heterocycles. The smallest absolute Gasteiger partial charge is 0.138 e. The van der Waals surface area contributed by atoms with Gasteiger partial charge in [-0.3, -0.25) is 0 Å². The molecule has 1 fully saturated rings.